The van der Waals surface area contributed by atoms with E-state index in [1.54, 1.807) is 4.90 Å². The number of hydrogen-bond acceptors (Lipinski definition) is 3. The molecule has 0 spiro atoms. The van der Waals surface area contributed by atoms with Gasteiger partial charge in [0.15, 0.2) is 5.84 Å². The number of amidine groups is 1. The summed E-state index contributed by atoms with van der Waals surface area (Å²) in [6.45, 7) is 2.65. The molecule has 1 aliphatic rings. The van der Waals surface area contributed by atoms with Gasteiger partial charge in [-0.15, -0.1) is 0 Å². The fourth-order valence-corrected chi connectivity index (χ4v) is 2.74. The van der Waals surface area contributed by atoms with Crippen LogP contribution in [0.2, 0.25) is 0 Å². The van der Waals surface area contributed by atoms with Crippen LogP contribution in [0.5, 0.6) is 0 Å². The van der Waals surface area contributed by atoms with Crippen molar-refractivity contribution in [3.63, 3.8) is 0 Å². The molecule has 1 unspecified atom stereocenters. The Bertz CT molecular complexity index is 514. The smallest absolute Gasteiger partial charge is 0.226 e. The molecule has 108 valence electrons. The van der Waals surface area contributed by atoms with Gasteiger partial charge in [0.05, 0.1) is 6.54 Å². The third kappa shape index (κ3) is 3.10. The zero-order chi connectivity index (χ0) is 14.5. The number of rotatable bonds is 4. The Morgan fingerprint density at radius 1 is 1.45 bits per heavy atom. The van der Waals surface area contributed by atoms with Crippen LogP contribution < -0.4 is 5.73 Å². The summed E-state index contributed by atoms with van der Waals surface area (Å²) < 4.78 is 0. The van der Waals surface area contributed by atoms with Crippen LogP contribution in [0.15, 0.2) is 29.4 Å². The van der Waals surface area contributed by atoms with E-state index in [0.29, 0.717) is 6.54 Å². The maximum absolute atomic E-state index is 12.5. The molecule has 1 aromatic rings. The first-order valence-corrected chi connectivity index (χ1v) is 6.97. The Morgan fingerprint density at radius 3 is 2.80 bits per heavy atom. The zero-order valence-corrected chi connectivity index (χ0v) is 11.7. The average Bonchev–Trinajstić information content (AvgIpc) is 2.51. The van der Waals surface area contributed by atoms with E-state index in [9.17, 15) is 4.79 Å². The SMILES string of the molecule is CCN(C/C(N)=N/O)C(=O)C1CCc2ccccc2C1. The highest BCUT2D eigenvalue weighted by molar-refractivity contribution is 5.88. The molecular weight excluding hydrogens is 254 g/mol. The van der Waals surface area contributed by atoms with Gasteiger partial charge >= 0.3 is 0 Å². The third-order valence-corrected chi connectivity index (χ3v) is 3.87. The Labute approximate surface area is 119 Å². The number of carbonyl (C=O) groups is 1. The summed E-state index contributed by atoms with van der Waals surface area (Å²) in [5.41, 5.74) is 8.10. The number of likely N-dealkylation sites (N-methyl/N-ethyl adjacent to an activating group) is 1. The summed E-state index contributed by atoms with van der Waals surface area (Å²) in [4.78, 5) is 14.2. The van der Waals surface area contributed by atoms with Crippen molar-refractivity contribution in [2.45, 2.75) is 26.2 Å². The highest BCUT2D eigenvalue weighted by Crippen LogP contribution is 2.26. The summed E-state index contributed by atoms with van der Waals surface area (Å²) in [5.74, 6) is 0.154. The average molecular weight is 275 g/mol. The molecule has 0 saturated carbocycles. The van der Waals surface area contributed by atoms with Crippen molar-refractivity contribution in [3.8, 4) is 0 Å². The molecule has 0 heterocycles. The summed E-state index contributed by atoms with van der Waals surface area (Å²) >= 11 is 0. The maximum Gasteiger partial charge on any atom is 0.226 e. The van der Waals surface area contributed by atoms with Crippen LogP contribution in [0.3, 0.4) is 0 Å². The van der Waals surface area contributed by atoms with Crippen molar-refractivity contribution >= 4 is 11.7 Å². The monoisotopic (exact) mass is 275 g/mol. The molecule has 5 nitrogen and oxygen atoms in total. The molecule has 0 fully saturated rings. The van der Waals surface area contributed by atoms with E-state index in [1.807, 2.05) is 19.1 Å². The summed E-state index contributed by atoms with van der Waals surface area (Å²) in [6, 6.07) is 8.27. The molecule has 1 aliphatic carbocycles. The zero-order valence-electron chi connectivity index (χ0n) is 11.7. The van der Waals surface area contributed by atoms with Crippen LogP contribution in [0.1, 0.15) is 24.5 Å². The molecule has 1 amide bonds. The first kappa shape index (κ1) is 14.4. The molecule has 2 rings (SSSR count). The minimum atomic E-state index is -0.00339. The Hall–Kier alpha value is -2.04. The predicted octanol–water partition coefficient (Wildman–Crippen LogP) is 1.39. The molecule has 0 bridgehead atoms. The quantitative estimate of drug-likeness (QED) is 0.377. The van der Waals surface area contributed by atoms with Gasteiger partial charge in [-0.1, -0.05) is 29.4 Å². The van der Waals surface area contributed by atoms with Crippen LogP contribution >= 0.6 is 0 Å². The molecular formula is C15H21N3O2. The lowest BCUT2D eigenvalue weighted by Crippen LogP contribution is -2.43. The van der Waals surface area contributed by atoms with Crippen molar-refractivity contribution < 1.29 is 10.0 Å². The van der Waals surface area contributed by atoms with E-state index in [1.165, 1.54) is 11.1 Å². The largest absolute Gasteiger partial charge is 0.409 e. The molecule has 3 N–H and O–H groups in total. The standard InChI is InChI=1S/C15H21N3O2/c1-2-18(10-14(16)17-20)15(19)13-8-7-11-5-3-4-6-12(11)9-13/h3-6,13,20H,2,7-10H2,1H3,(H2,16,17). The van der Waals surface area contributed by atoms with E-state index < -0.39 is 0 Å². The van der Waals surface area contributed by atoms with E-state index >= 15 is 0 Å². The molecule has 5 heteroatoms. The number of fused-ring (bicyclic) bond motifs is 1. The highest BCUT2D eigenvalue weighted by atomic mass is 16.4. The number of hydrogen-bond donors (Lipinski definition) is 2. The van der Waals surface area contributed by atoms with Crippen molar-refractivity contribution in [2.75, 3.05) is 13.1 Å². The molecule has 0 radical (unpaired) electrons. The minimum Gasteiger partial charge on any atom is -0.409 e. The third-order valence-electron chi connectivity index (χ3n) is 3.87. The summed E-state index contributed by atoms with van der Waals surface area (Å²) in [7, 11) is 0. The number of carbonyl (C=O) groups excluding carboxylic acids is 1. The Balaban J connectivity index is 2.06. The number of aryl methyl sites for hydroxylation is 1. The minimum absolute atomic E-state index is 0.00339. The van der Waals surface area contributed by atoms with Crippen LogP contribution in [0.25, 0.3) is 0 Å². The van der Waals surface area contributed by atoms with Gasteiger partial charge in [-0.05, 0) is 37.3 Å². The van der Waals surface area contributed by atoms with Gasteiger partial charge in [0, 0.05) is 12.5 Å². The predicted molar refractivity (Wildman–Crippen MR) is 77.6 cm³/mol. The second-order valence-corrected chi connectivity index (χ2v) is 5.15. The number of nitrogens with zero attached hydrogens (tertiary/aromatic N) is 2. The second kappa shape index (κ2) is 6.41. The summed E-state index contributed by atoms with van der Waals surface area (Å²) in [6.07, 6.45) is 2.58. The van der Waals surface area contributed by atoms with Crippen molar-refractivity contribution in [1.82, 2.24) is 4.90 Å². The highest BCUT2D eigenvalue weighted by Gasteiger charge is 2.27. The van der Waals surface area contributed by atoms with Gasteiger partial charge in [0.2, 0.25) is 5.91 Å². The molecule has 0 saturated heterocycles. The first-order valence-electron chi connectivity index (χ1n) is 6.97. The van der Waals surface area contributed by atoms with Gasteiger partial charge in [-0.25, -0.2) is 0 Å². The number of oxime groups is 1. The first-order chi connectivity index (χ1) is 9.65. The van der Waals surface area contributed by atoms with Gasteiger partial charge < -0.3 is 15.8 Å². The second-order valence-electron chi connectivity index (χ2n) is 5.15. The van der Waals surface area contributed by atoms with Gasteiger partial charge in [-0.2, -0.15) is 0 Å². The van der Waals surface area contributed by atoms with Crippen molar-refractivity contribution in [3.05, 3.63) is 35.4 Å². The number of nitrogens with two attached hydrogens (primary N) is 1. The van der Waals surface area contributed by atoms with Gasteiger partial charge in [0.1, 0.15) is 0 Å². The van der Waals surface area contributed by atoms with Crippen LogP contribution in [0.4, 0.5) is 0 Å². The van der Waals surface area contributed by atoms with E-state index in [-0.39, 0.29) is 24.2 Å². The Morgan fingerprint density at radius 2 is 2.15 bits per heavy atom. The van der Waals surface area contributed by atoms with Crippen LogP contribution in [-0.2, 0) is 17.6 Å². The molecule has 0 aliphatic heterocycles. The summed E-state index contributed by atoms with van der Waals surface area (Å²) in [5, 5.41) is 11.6. The van der Waals surface area contributed by atoms with Gasteiger partial charge in [-0.3, -0.25) is 4.79 Å². The lowest BCUT2D eigenvalue weighted by molar-refractivity contribution is -0.135. The lowest BCUT2D eigenvalue weighted by Gasteiger charge is -2.29. The van der Waals surface area contributed by atoms with Gasteiger partial charge in [0.25, 0.3) is 0 Å². The fourth-order valence-electron chi connectivity index (χ4n) is 2.74. The number of amides is 1. The van der Waals surface area contributed by atoms with E-state index in [0.717, 1.165) is 19.3 Å². The number of benzene rings is 1. The lowest BCUT2D eigenvalue weighted by atomic mass is 9.83. The van der Waals surface area contributed by atoms with E-state index in [4.69, 9.17) is 10.9 Å². The fraction of sp³-hybridized carbons (Fsp3) is 0.467. The maximum atomic E-state index is 12.5. The topological polar surface area (TPSA) is 78.9 Å². The van der Waals surface area contributed by atoms with Crippen LogP contribution in [0, 0.1) is 5.92 Å². The molecule has 1 atom stereocenters. The molecule has 1 aromatic carbocycles. The van der Waals surface area contributed by atoms with Crippen LogP contribution in [-0.4, -0.2) is 34.9 Å². The normalized spacial score (nSPS) is 18.4. The molecule has 20 heavy (non-hydrogen) atoms. The van der Waals surface area contributed by atoms with E-state index in [2.05, 4.69) is 17.3 Å². The Kier molecular flexibility index (Phi) is 4.61. The van der Waals surface area contributed by atoms with Crippen molar-refractivity contribution in [2.24, 2.45) is 16.8 Å². The van der Waals surface area contributed by atoms with Crippen molar-refractivity contribution in [1.29, 1.82) is 0 Å². The molecule has 0 aromatic heterocycles.